The molecule has 1 N–H and O–H groups in total. The Labute approximate surface area is 133 Å². The van der Waals surface area contributed by atoms with Crippen LogP contribution in [0.1, 0.15) is 31.7 Å². The minimum absolute atomic E-state index is 0.00248. The number of carbonyl (C=O) groups excluding carboxylic acids is 1. The molecule has 1 heterocycles. The zero-order valence-corrected chi connectivity index (χ0v) is 13.8. The summed E-state index contributed by atoms with van der Waals surface area (Å²) < 4.78 is 0.988. The van der Waals surface area contributed by atoms with E-state index in [4.69, 9.17) is 5.11 Å². The number of piperidine rings is 1. The van der Waals surface area contributed by atoms with Crippen LogP contribution in [0.4, 0.5) is 0 Å². The Morgan fingerprint density at radius 3 is 2.48 bits per heavy atom. The van der Waals surface area contributed by atoms with Crippen molar-refractivity contribution in [2.45, 2.75) is 26.2 Å². The minimum Gasteiger partial charge on any atom is -0.481 e. The van der Waals surface area contributed by atoms with E-state index in [1.165, 1.54) is 0 Å². The number of nitrogens with zero attached hydrogens (tertiary/aromatic N) is 1. The molecule has 5 heteroatoms. The lowest BCUT2D eigenvalue weighted by atomic mass is 9.86. The molecular formula is C16H20BrNO3. The lowest BCUT2D eigenvalue weighted by molar-refractivity contribution is -0.148. The number of rotatable bonds is 3. The molecule has 0 spiro atoms. The van der Waals surface area contributed by atoms with Crippen LogP contribution in [0.2, 0.25) is 0 Å². The first-order valence-electron chi connectivity index (χ1n) is 7.17. The quantitative estimate of drug-likeness (QED) is 0.907. The molecule has 1 fully saturated rings. The van der Waals surface area contributed by atoms with Gasteiger partial charge < -0.3 is 10.0 Å². The van der Waals surface area contributed by atoms with Gasteiger partial charge in [-0.3, -0.25) is 9.59 Å². The Kier molecular flexibility index (Phi) is 5.04. The summed E-state index contributed by atoms with van der Waals surface area (Å²) >= 11 is 3.39. The summed E-state index contributed by atoms with van der Waals surface area (Å²) in [5.41, 5.74) is 0.983. The molecule has 114 valence electrons. The average Bonchev–Trinajstić information content (AvgIpc) is 2.46. The predicted molar refractivity (Wildman–Crippen MR) is 84.0 cm³/mol. The van der Waals surface area contributed by atoms with Crippen molar-refractivity contribution in [3.63, 3.8) is 0 Å². The minimum atomic E-state index is -0.754. The molecule has 2 rings (SSSR count). The lowest BCUT2D eigenvalue weighted by Crippen LogP contribution is -2.46. The third-order valence-electron chi connectivity index (χ3n) is 4.27. The van der Waals surface area contributed by atoms with Crippen LogP contribution >= 0.6 is 15.9 Å². The summed E-state index contributed by atoms with van der Waals surface area (Å²) in [4.78, 5) is 25.5. The van der Waals surface area contributed by atoms with Crippen molar-refractivity contribution < 1.29 is 14.7 Å². The van der Waals surface area contributed by atoms with E-state index < -0.39 is 5.97 Å². The second-order valence-corrected chi connectivity index (χ2v) is 6.68. The highest BCUT2D eigenvalue weighted by atomic mass is 79.9. The standard InChI is InChI=1S/C16H20BrNO3/c1-10-9-18(8-7-14(10)16(20)21)15(19)11(2)12-3-5-13(17)6-4-12/h3-6,10-11,14H,7-9H2,1-2H3,(H,20,21). The molecule has 0 saturated carbocycles. The largest absolute Gasteiger partial charge is 0.481 e. The van der Waals surface area contributed by atoms with E-state index in [0.717, 1.165) is 10.0 Å². The Hall–Kier alpha value is -1.36. The van der Waals surface area contributed by atoms with E-state index in [1.807, 2.05) is 38.1 Å². The molecule has 0 radical (unpaired) electrons. The molecule has 1 aliphatic rings. The van der Waals surface area contributed by atoms with Gasteiger partial charge in [-0.1, -0.05) is 35.0 Å². The summed E-state index contributed by atoms with van der Waals surface area (Å²) in [6.07, 6.45) is 0.537. The topological polar surface area (TPSA) is 57.6 Å². The van der Waals surface area contributed by atoms with Crippen LogP contribution < -0.4 is 0 Å². The van der Waals surface area contributed by atoms with Gasteiger partial charge in [-0.15, -0.1) is 0 Å². The number of amides is 1. The number of hydrogen-bond donors (Lipinski definition) is 1. The molecule has 0 aliphatic carbocycles. The molecule has 1 saturated heterocycles. The number of hydrogen-bond acceptors (Lipinski definition) is 2. The van der Waals surface area contributed by atoms with Gasteiger partial charge in [0.25, 0.3) is 0 Å². The number of halogens is 1. The first kappa shape index (κ1) is 16.0. The van der Waals surface area contributed by atoms with Gasteiger partial charge >= 0.3 is 5.97 Å². The SMILES string of the molecule is CC(C(=O)N1CCC(C(=O)O)C(C)C1)c1ccc(Br)cc1. The molecule has 4 nitrogen and oxygen atoms in total. The molecule has 1 aromatic rings. The molecule has 3 unspecified atom stereocenters. The Morgan fingerprint density at radius 1 is 1.33 bits per heavy atom. The number of carboxylic acid groups (broad SMARTS) is 1. The summed E-state index contributed by atoms with van der Waals surface area (Å²) in [5, 5.41) is 9.14. The van der Waals surface area contributed by atoms with Gasteiger partial charge in [0.1, 0.15) is 0 Å². The molecule has 1 aromatic carbocycles. The van der Waals surface area contributed by atoms with E-state index in [-0.39, 0.29) is 23.7 Å². The molecule has 1 aliphatic heterocycles. The summed E-state index contributed by atoms with van der Waals surface area (Å²) in [6.45, 7) is 4.86. The second kappa shape index (κ2) is 6.60. The number of benzene rings is 1. The maximum atomic E-state index is 12.6. The van der Waals surface area contributed by atoms with Crippen LogP contribution in [-0.2, 0) is 9.59 Å². The monoisotopic (exact) mass is 353 g/mol. The van der Waals surface area contributed by atoms with Gasteiger partial charge in [0, 0.05) is 17.6 Å². The normalized spacial score (nSPS) is 23.7. The van der Waals surface area contributed by atoms with Gasteiger partial charge in [0.15, 0.2) is 0 Å². The number of carboxylic acids is 1. The lowest BCUT2D eigenvalue weighted by Gasteiger charge is -2.36. The van der Waals surface area contributed by atoms with E-state index in [1.54, 1.807) is 4.90 Å². The number of carbonyl (C=O) groups is 2. The summed E-state index contributed by atoms with van der Waals surface area (Å²) in [7, 11) is 0. The first-order chi connectivity index (χ1) is 9.90. The fraction of sp³-hybridized carbons (Fsp3) is 0.500. The maximum Gasteiger partial charge on any atom is 0.306 e. The molecule has 21 heavy (non-hydrogen) atoms. The van der Waals surface area contributed by atoms with Crippen LogP contribution in [0.15, 0.2) is 28.7 Å². The highest BCUT2D eigenvalue weighted by Crippen LogP contribution is 2.27. The summed E-state index contributed by atoms with van der Waals surface area (Å²) in [6, 6.07) is 7.75. The Balaban J connectivity index is 2.04. The van der Waals surface area contributed by atoms with Crippen LogP contribution in [0, 0.1) is 11.8 Å². The van der Waals surface area contributed by atoms with Crippen molar-refractivity contribution in [1.29, 1.82) is 0 Å². The van der Waals surface area contributed by atoms with Crippen LogP contribution in [0.3, 0.4) is 0 Å². The van der Waals surface area contributed by atoms with Crippen LogP contribution in [-0.4, -0.2) is 35.0 Å². The zero-order chi connectivity index (χ0) is 15.6. The van der Waals surface area contributed by atoms with Gasteiger partial charge in [-0.2, -0.15) is 0 Å². The highest BCUT2D eigenvalue weighted by Gasteiger charge is 2.34. The van der Waals surface area contributed by atoms with Crippen molar-refractivity contribution in [3.05, 3.63) is 34.3 Å². The fourth-order valence-electron chi connectivity index (χ4n) is 2.88. The number of likely N-dealkylation sites (tertiary alicyclic amines) is 1. The molecule has 0 bridgehead atoms. The third-order valence-corrected chi connectivity index (χ3v) is 4.80. The van der Waals surface area contributed by atoms with Crippen molar-refractivity contribution in [3.8, 4) is 0 Å². The second-order valence-electron chi connectivity index (χ2n) is 5.77. The van der Waals surface area contributed by atoms with E-state index in [9.17, 15) is 9.59 Å². The van der Waals surface area contributed by atoms with Gasteiger partial charge in [0.05, 0.1) is 11.8 Å². The van der Waals surface area contributed by atoms with Crippen molar-refractivity contribution in [1.82, 2.24) is 4.90 Å². The molecule has 1 amide bonds. The first-order valence-corrected chi connectivity index (χ1v) is 7.96. The predicted octanol–water partition coefficient (Wildman–Crippen LogP) is 3.12. The van der Waals surface area contributed by atoms with E-state index in [0.29, 0.717) is 19.5 Å². The van der Waals surface area contributed by atoms with Gasteiger partial charge in [-0.05, 0) is 37.0 Å². The Bertz CT molecular complexity index is 529. The molecular weight excluding hydrogens is 334 g/mol. The number of aliphatic carboxylic acids is 1. The van der Waals surface area contributed by atoms with E-state index in [2.05, 4.69) is 15.9 Å². The average molecular weight is 354 g/mol. The van der Waals surface area contributed by atoms with Crippen molar-refractivity contribution >= 4 is 27.8 Å². The fourth-order valence-corrected chi connectivity index (χ4v) is 3.14. The van der Waals surface area contributed by atoms with Crippen LogP contribution in [0.25, 0.3) is 0 Å². The van der Waals surface area contributed by atoms with Crippen LogP contribution in [0.5, 0.6) is 0 Å². The van der Waals surface area contributed by atoms with Crippen molar-refractivity contribution in [2.75, 3.05) is 13.1 Å². The summed E-state index contributed by atoms with van der Waals surface area (Å²) in [5.74, 6) is -1.22. The smallest absolute Gasteiger partial charge is 0.306 e. The molecule has 3 atom stereocenters. The highest BCUT2D eigenvalue weighted by molar-refractivity contribution is 9.10. The van der Waals surface area contributed by atoms with Crippen molar-refractivity contribution in [2.24, 2.45) is 11.8 Å². The third kappa shape index (κ3) is 3.64. The Morgan fingerprint density at radius 2 is 1.95 bits per heavy atom. The van der Waals surface area contributed by atoms with Gasteiger partial charge in [-0.25, -0.2) is 0 Å². The zero-order valence-electron chi connectivity index (χ0n) is 12.3. The van der Waals surface area contributed by atoms with E-state index >= 15 is 0 Å². The maximum absolute atomic E-state index is 12.6. The van der Waals surface area contributed by atoms with Gasteiger partial charge in [0.2, 0.25) is 5.91 Å². The molecule has 0 aromatic heterocycles.